The number of pyridine rings is 3. The van der Waals surface area contributed by atoms with Crippen molar-refractivity contribution in [3.63, 3.8) is 0 Å². The normalized spacial score (nSPS) is 18.1. The number of carbonyl (C=O) groups excluding carboxylic acids is 4. The van der Waals surface area contributed by atoms with Gasteiger partial charge in [-0.15, -0.1) is 11.8 Å². The lowest BCUT2D eigenvalue weighted by Crippen LogP contribution is -2.62. The molecule has 138 heavy (non-hydrogen) atoms. The molecule has 28 nitrogen and oxygen atoms in total. The number of rotatable bonds is 12. The second-order valence-electron chi connectivity index (χ2n) is 35.2. The molecule has 4 N–H and O–H groups in total. The fourth-order valence-corrected chi connectivity index (χ4v) is 23.8. The monoisotopic (exact) mass is 1990 g/mol. The van der Waals surface area contributed by atoms with Crippen LogP contribution in [-0.4, -0.2) is 193 Å². The van der Waals surface area contributed by atoms with Gasteiger partial charge in [0.05, 0.1) is 128 Å². The van der Waals surface area contributed by atoms with Gasteiger partial charge < -0.3 is 50.0 Å². The van der Waals surface area contributed by atoms with Crippen LogP contribution in [0.5, 0.6) is 17.2 Å². The van der Waals surface area contributed by atoms with Crippen LogP contribution in [0, 0.1) is 73.1 Å². The molecule has 0 saturated carbocycles. The quantitative estimate of drug-likeness (QED) is 0.0501. The summed E-state index contributed by atoms with van der Waals surface area (Å²) in [5.41, 5.74) is -5.93. The minimum absolute atomic E-state index is 0.0914. The topological polar surface area (TPSA) is 338 Å². The van der Waals surface area contributed by atoms with Gasteiger partial charge in [0.2, 0.25) is 23.6 Å². The number of fused-ring (bicyclic) bond motifs is 6. The summed E-state index contributed by atoms with van der Waals surface area (Å²) in [6, 6.07) is 5.39. The van der Waals surface area contributed by atoms with Crippen LogP contribution in [0.2, 0.25) is 15.1 Å². The van der Waals surface area contributed by atoms with Crippen molar-refractivity contribution in [2.75, 3.05) is 70.8 Å². The highest BCUT2D eigenvalue weighted by Crippen LogP contribution is 2.56. The summed E-state index contributed by atoms with van der Waals surface area (Å²) in [6.45, 7) is 32.5. The molecule has 12 heterocycles. The van der Waals surface area contributed by atoms with Crippen LogP contribution in [0.3, 0.4) is 0 Å². The molecule has 6 aliphatic heterocycles. The maximum atomic E-state index is 17.4. The minimum Gasteiger partial charge on any atom is -0.507 e. The first-order valence-electron chi connectivity index (χ1n) is 43.3. The van der Waals surface area contributed by atoms with E-state index in [0.717, 1.165) is 50.1 Å². The standard InChI is InChI=1S/C32H28ClF3N6O4.C32H29ClF3N5O5S.C32H29ClF3N5O3S/c1-6-19(44)40-11-15(5)41-17(12-40)31(45)38-27-22-29(25(36)21(23(27)33)20-18(43)8-7-16(34)24(20)35)42(32(46)39-30(22)41)28-14(4)9-10-37-26(28)13(2)3;1-6-20(43)39-11-16(5)40-17(12-39)13-47(45,46)30-23-29(26(36)22(24(30)33)21-19(42)8-7-18(34)25(21)35)41(32(44)38-31(23)40)28-15(4)9-10-37-27(28)14(2)3;1-6-20(43)39-11-16(5)40-17(12-39)13-45-30-23-29(26(36)22(24(30)33)21-19(42)8-7-18(34)25(21)35)41(32(44)38-31(23)40)28-15(4)9-10-37-27(28)14(2)3/h6-10,13,15,17,43H,1,11-12H2,2-5H3,(H,38,45);6-10,14,16-17,42H,1,11-13H2,2-5H3;6-10,14,16-17,42H,1,11-13H2,2-5H3. The molecule has 6 aromatic heterocycles. The summed E-state index contributed by atoms with van der Waals surface area (Å²) in [5.74, 6) is -18.3. The third-order valence-electron chi connectivity index (χ3n) is 25.4. The highest BCUT2D eigenvalue weighted by molar-refractivity contribution is 7.99. The summed E-state index contributed by atoms with van der Waals surface area (Å²) in [4.78, 5) is 130. The fraction of sp³-hybridized carbons (Fsp3) is 0.302. The molecule has 6 atom stereocenters. The SMILES string of the molecule is C=CC(=O)N1CC(C)N2c3nc(=O)n(-c4c(C)ccnc4C(C)C)c4c(F)c(-c5c(O)ccc(F)c5F)c(Cl)c(c34)NC(=O)C2C1.C=CC(=O)N1CC(C)N2c3nc(=O)n(-c4c(C)ccnc4C(C)C)c4c(F)c(-c5c(O)ccc(F)c5F)c(Cl)c(c34)S(=O)(=O)CC2C1.C=CC(=O)N1CC(C)N2c3nc(=O)n(-c4c(C)ccnc4C(C)C)c4c(F)c(-c5c(O)ccc(F)c5F)c(Cl)c(c34)SCC2C1. The highest BCUT2D eigenvalue weighted by atomic mass is 35.5. The molecule has 718 valence electrons. The van der Waals surface area contributed by atoms with Gasteiger partial charge >= 0.3 is 17.1 Å². The van der Waals surface area contributed by atoms with Gasteiger partial charge in [-0.05, 0) is 149 Å². The molecule has 6 aromatic carbocycles. The lowest BCUT2D eigenvalue weighted by molar-refractivity contribution is -0.129. The van der Waals surface area contributed by atoms with E-state index in [1.165, 1.54) is 44.9 Å². The van der Waals surface area contributed by atoms with E-state index in [0.29, 0.717) is 63.9 Å². The second-order valence-corrected chi connectivity index (χ2v) is 39.3. The number of sulfone groups is 1. The zero-order valence-corrected chi connectivity index (χ0v) is 79.6. The molecule has 0 bridgehead atoms. The maximum Gasteiger partial charge on any atom is 0.354 e. The van der Waals surface area contributed by atoms with E-state index in [4.69, 9.17) is 34.8 Å². The first-order valence-corrected chi connectivity index (χ1v) is 47.1. The zero-order chi connectivity index (χ0) is 100. The average Bonchev–Trinajstić information content (AvgIpc) is 1.35. The third-order valence-corrected chi connectivity index (χ3v) is 29.8. The van der Waals surface area contributed by atoms with Gasteiger partial charge in [0, 0.05) is 96.8 Å². The van der Waals surface area contributed by atoms with Crippen molar-refractivity contribution in [1.29, 1.82) is 0 Å². The number of amides is 4. The van der Waals surface area contributed by atoms with Crippen LogP contribution < -0.4 is 37.1 Å². The molecule has 0 spiro atoms. The minimum atomic E-state index is -4.57. The average molecular weight is 2000 g/mol. The van der Waals surface area contributed by atoms with E-state index in [1.807, 2.05) is 39.5 Å². The number of aromatic hydroxyl groups is 3. The molecule has 18 rings (SSSR count). The van der Waals surface area contributed by atoms with Crippen molar-refractivity contribution in [3.05, 3.63) is 244 Å². The van der Waals surface area contributed by atoms with Crippen molar-refractivity contribution in [2.45, 2.75) is 147 Å². The highest BCUT2D eigenvalue weighted by Gasteiger charge is 2.49. The van der Waals surface area contributed by atoms with Crippen LogP contribution in [0.1, 0.15) is 114 Å². The van der Waals surface area contributed by atoms with Crippen LogP contribution >= 0.6 is 46.6 Å². The molecule has 3 fully saturated rings. The molecule has 3 saturated heterocycles. The van der Waals surface area contributed by atoms with Crippen LogP contribution in [-0.2, 0) is 29.0 Å². The molecule has 12 aromatic rings. The van der Waals surface area contributed by atoms with Gasteiger partial charge in [-0.3, -0.25) is 47.8 Å². The molecule has 6 unspecified atom stereocenters. The Balaban J connectivity index is 0.000000150. The molecule has 42 heteroatoms. The van der Waals surface area contributed by atoms with E-state index < -0.39 is 204 Å². The van der Waals surface area contributed by atoms with Gasteiger partial charge in [-0.1, -0.05) is 96.1 Å². The van der Waals surface area contributed by atoms with E-state index in [9.17, 15) is 70.5 Å². The zero-order valence-electron chi connectivity index (χ0n) is 75.7. The van der Waals surface area contributed by atoms with Gasteiger partial charge in [-0.25, -0.2) is 62.3 Å². The first-order chi connectivity index (χ1) is 65.2. The number of aromatic nitrogens is 9. The van der Waals surface area contributed by atoms with Gasteiger partial charge in [-0.2, -0.15) is 15.0 Å². The Morgan fingerprint density at radius 1 is 0.457 bits per heavy atom. The summed E-state index contributed by atoms with van der Waals surface area (Å²) >= 11 is 21.6. The van der Waals surface area contributed by atoms with Crippen molar-refractivity contribution < 1.29 is 82.4 Å². The number of aryl methyl sites for hydroxylation is 3. The Hall–Kier alpha value is -13.4. The molecule has 6 aliphatic rings. The van der Waals surface area contributed by atoms with Crippen molar-refractivity contribution >= 4 is 136 Å². The third kappa shape index (κ3) is 15.9. The number of halogens is 12. The Labute approximate surface area is 800 Å². The number of nitrogens with zero attached hydrogens (tertiary/aromatic N) is 15. The van der Waals surface area contributed by atoms with Gasteiger partial charge in [0.15, 0.2) is 62.2 Å². The number of piperazine rings is 3. The summed E-state index contributed by atoms with van der Waals surface area (Å²) in [6.07, 6.45) is 8.08. The lowest BCUT2D eigenvalue weighted by atomic mass is 9.98. The first kappa shape index (κ1) is 97.7. The summed E-state index contributed by atoms with van der Waals surface area (Å²) < 4.78 is 174. The Bertz CT molecular complexity index is 7660. The van der Waals surface area contributed by atoms with Gasteiger partial charge in [0.1, 0.15) is 46.3 Å². The van der Waals surface area contributed by atoms with Crippen LogP contribution in [0.25, 0.3) is 83.2 Å². The van der Waals surface area contributed by atoms with Gasteiger partial charge in [0.25, 0.3) is 0 Å². The summed E-state index contributed by atoms with van der Waals surface area (Å²) in [7, 11) is -4.57. The Morgan fingerprint density at radius 3 is 1.20 bits per heavy atom. The number of anilines is 4. The predicted octanol–water partition coefficient (Wildman–Crippen LogP) is 16.6. The van der Waals surface area contributed by atoms with Crippen molar-refractivity contribution in [1.82, 2.24) is 58.3 Å². The number of thioether (sulfide) groups is 1. The number of hydrogen-bond acceptors (Lipinski definition) is 22. The predicted molar refractivity (Wildman–Crippen MR) is 507 cm³/mol. The lowest BCUT2D eigenvalue weighted by Gasteiger charge is -2.45. The number of phenols is 3. The molecule has 0 radical (unpaired) electrons. The molecular weight excluding hydrogens is 1910 g/mol. The smallest absolute Gasteiger partial charge is 0.354 e. The number of nitrogens with one attached hydrogen (secondary N) is 1. The molecule has 4 amide bonds. The summed E-state index contributed by atoms with van der Waals surface area (Å²) in [5, 5.41) is 32.8. The number of hydrogen-bond donors (Lipinski definition) is 4. The number of carbonyl (C=O) groups is 4. The van der Waals surface area contributed by atoms with E-state index in [-0.39, 0.29) is 135 Å². The van der Waals surface area contributed by atoms with E-state index in [2.05, 4.69) is 55.0 Å². The second kappa shape index (κ2) is 36.8. The van der Waals surface area contributed by atoms with E-state index >= 15 is 26.3 Å². The van der Waals surface area contributed by atoms with E-state index in [1.54, 1.807) is 82.7 Å². The van der Waals surface area contributed by atoms with Crippen molar-refractivity contribution in [2.24, 2.45) is 0 Å². The molecule has 0 aliphatic carbocycles. The molecular formula is C96H86Cl3F9N16O12S2. The Kier molecular flexibility index (Phi) is 26.1. The number of phenolic OH excluding ortho intramolecular Hbond substituents is 3. The van der Waals surface area contributed by atoms with Crippen LogP contribution in [0.15, 0.2) is 135 Å². The maximum absolute atomic E-state index is 17.4. The largest absolute Gasteiger partial charge is 0.507 e. The van der Waals surface area contributed by atoms with Crippen molar-refractivity contribution in [3.8, 4) is 67.7 Å². The number of benzene rings is 6. The Morgan fingerprint density at radius 2 is 0.797 bits per heavy atom. The fourth-order valence-electron chi connectivity index (χ4n) is 19.4. The van der Waals surface area contributed by atoms with Crippen LogP contribution in [0.4, 0.5) is 62.7 Å².